The second-order valence-electron chi connectivity index (χ2n) is 7.54. The average Bonchev–Trinajstić information content (AvgIpc) is 2.77. The first-order chi connectivity index (χ1) is 14.5. The molecule has 7 heteroatoms. The monoisotopic (exact) mass is 430 g/mol. The lowest BCUT2D eigenvalue weighted by Crippen LogP contribution is -2.46. The Balaban J connectivity index is 1.39. The Morgan fingerprint density at radius 1 is 1.07 bits per heavy atom. The van der Waals surface area contributed by atoms with Crippen molar-refractivity contribution in [2.75, 3.05) is 19.7 Å². The molecule has 0 bridgehead atoms. The maximum Gasteiger partial charge on any atom is 0.240 e. The molecule has 0 atom stereocenters. The molecule has 0 spiro atoms. The highest BCUT2D eigenvalue weighted by molar-refractivity contribution is 7.89. The van der Waals surface area contributed by atoms with Crippen molar-refractivity contribution in [3.8, 4) is 5.75 Å². The molecule has 1 aliphatic rings. The summed E-state index contributed by atoms with van der Waals surface area (Å²) in [5.41, 5.74) is 1.11. The number of ether oxygens (including phenoxy) is 1. The van der Waals surface area contributed by atoms with E-state index in [-0.39, 0.29) is 16.8 Å². The van der Waals surface area contributed by atoms with Crippen molar-refractivity contribution in [1.82, 2.24) is 9.62 Å². The zero-order valence-corrected chi connectivity index (χ0v) is 18.2. The maximum absolute atomic E-state index is 12.6. The van der Waals surface area contributed by atoms with Crippen LogP contribution in [0.3, 0.4) is 0 Å². The third kappa shape index (κ3) is 6.31. The molecule has 1 heterocycles. The quantitative estimate of drug-likeness (QED) is 0.619. The van der Waals surface area contributed by atoms with Gasteiger partial charge in [0.15, 0.2) is 0 Å². The van der Waals surface area contributed by atoms with Crippen LogP contribution in [0.1, 0.15) is 38.2 Å². The number of rotatable bonds is 9. The van der Waals surface area contributed by atoms with Gasteiger partial charge in [0.1, 0.15) is 5.75 Å². The van der Waals surface area contributed by atoms with Gasteiger partial charge in [0.05, 0.1) is 11.5 Å². The molecule has 0 unspecified atom stereocenters. The average molecular weight is 431 g/mol. The molecule has 30 heavy (non-hydrogen) atoms. The Morgan fingerprint density at radius 3 is 2.37 bits per heavy atom. The van der Waals surface area contributed by atoms with E-state index >= 15 is 0 Å². The number of carbonyl (C=O) groups is 1. The number of benzene rings is 2. The van der Waals surface area contributed by atoms with Crippen LogP contribution in [0.4, 0.5) is 0 Å². The first-order valence-electron chi connectivity index (χ1n) is 10.5. The predicted octanol–water partition coefficient (Wildman–Crippen LogP) is 3.38. The largest absolute Gasteiger partial charge is 0.494 e. The molecule has 0 aromatic heterocycles. The molecule has 1 saturated heterocycles. The highest BCUT2D eigenvalue weighted by Crippen LogP contribution is 2.17. The summed E-state index contributed by atoms with van der Waals surface area (Å²) in [5.74, 6) is 0.908. The van der Waals surface area contributed by atoms with Crippen molar-refractivity contribution in [2.45, 2.75) is 50.0 Å². The minimum Gasteiger partial charge on any atom is -0.494 e. The van der Waals surface area contributed by atoms with Crippen LogP contribution in [0.25, 0.3) is 0 Å². The number of nitrogens with zero attached hydrogens (tertiary/aromatic N) is 1. The van der Waals surface area contributed by atoms with Gasteiger partial charge in [-0.2, -0.15) is 0 Å². The molecule has 0 saturated carbocycles. The number of aryl methyl sites for hydroxylation is 1. The fourth-order valence-electron chi connectivity index (χ4n) is 3.53. The molecule has 3 rings (SSSR count). The van der Waals surface area contributed by atoms with Crippen LogP contribution < -0.4 is 9.46 Å². The van der Waals surface area contributed by atoms with Crippen LogP contribution in [-0.4, -0.2) is 45.0 Å². The molecule has 2 aromatic carbocycles. The lowest BCUT2D eigenvalue weighted by atomic mass is 10.1. The van der Waals surface area contributed by atoms with Crippen LogP contribution in [0, 0.1) is 0 Å². The number of hydrogen-bond acceptors (Lipinski definition) is 4. The summed E-state index contributed by atoms with van der Waals surface area (Å²) in [4.78, 5) is 14.5. The topological polar surface area (TPSA) is 75.7 Å². The summed E-state index contributed by atoms with van der Waals surface area (Å²) in [6.45, 7) is 3.68. The summed E-state index contributed by atoms with van der Waals surface area (Å²) in [5, 5.41) is 0. The van der Waals surface area contributed by atoms with Crippen molar-refractivity contribution < 1.29 is 17.9 Å². The van der Waals surface area contributed by atoms with Crippen LogP contribution in [0.5, 0.6) is 5.75 Å². The molecule has 1 amide bonds. The van der Waals surface area contributed by atoms with Crippen molar-refractivity contribution in [3.63, 3.8) is 0 Å². The fourth-order valence-corrected chi connectivity index (χ4v) is 4.83. The Bertz CT molecular complexity index is 906. The molecule has 1 aliphatic heterocycles. The molecular formula is C23H30N2O4S. The number of para-hydroxylation sites is 1. The summed E-state index contributed by atoms with van der Waals surface area (Å²) >= 11 is 0. The van der Waals surface area contributed by atoms with Crippen molar-refractivity contribution >= 4 is 15.9 Å². The normalized spacial score (nSPS) is 15.2. The number of carbonyl (C=O) groups excluding carboxylic acids is 1. The Morgan fingerprint density at radius 2 is 1.73 bits per heavy atom. The fraction of sp³-hybridized carbons (Fsp3) is 0.435. The number of likely N-dealkylation sites (tertiary alicyclic amines) is 1. The minimum absolute atomic E-state index is 0.100. The van der Waals surface area contributed by atoms with Crippen LogP contribution in [0.15, 0.2) is 59.5 Å². The van der Waals surface area contributed by atoms with Gasteiger partial charge >= 0.3 is 0 Å². The first-order valence-corrected chi connectivity index (χ1v) is 12.0. The predicted molar refractivity (Wildman–Crippen MR) is 117 cm³/mol. The zero-order valence-electron chi connectivity index (χ0n) is 17.4. The number of piperidine rings is 1. The Labute approximate surface area is 179 Å². The van der Waals surface area contributed by atoms with Crippen LogP contribution in [0.2, 0.25) is 0 Å². The van der Waals surface area contributed by atoms with Crippen molar-refractivity contribution in [2.24, 2.45) is 0 Å². The molecule has 0 aliphatic carbocycles. The highest BCUT2D eigenvalue weighted by atomic mass is 32.2. The van der Waals surface area contributed by atoms with E-state index in [0.29, 0.717) is 45.4 Å². The molecule has 6 nitrogen and oxygen atoms in total. The van der Waals surface area contributed by atoms with E-state index in [0.717, 1.165) is 17.7 Å². The van der Waals surface area contributed by atoms with E-state index < -0.39 is 10.0 Å². The summed E-state index contributed by atoms with van der Waals surface area (Å²) in [6.07, 6.45) is 3.22. The Kier molecular flexibility index (Phi) is 7.87. The summed E-state index contributed by atoms with van der Waals surface area (Å²) < 4.78 is 33.6. The lowest BCUT2D eigenvalue weighted by Gasteiger charge is -2.32. The number of amides is 1. The molecular weight excluding hydrogens is 400 g/mol. The van der Waals surface area contributed by atoms with Gasteiger partial charge < -0.3 is 9.64 Å². The smallest absolute Gasteiger partial charge is 0.240 e. The van der Waals surface area contributed by atoms with E-state index in [9.17, 15) is 13.2 Å². The third-order valence-corrected chi connectivity index (χ3v) is 6.89. The van der Waals surface area contributed by atoms with Gasteiger partial charge in [0.25, 0.3) is 0 Å². The molecule has 162 valence electrons. The second-order valence-corrected chi connectivity index (χ2v) is 9.25. The SMILES string of the molecule is CCc1ccc(S(=O)(=O)NC2CCN(C(=O)CCCOc3ccccc3)CC2)cc1. The van der Waals surface area contributed by atoms with Crippen molar-refractivity contribution in [1.29, 1.82) is 0 Å². The van der Waals surface area contributed by atoms with Gasteiger partial charge in [-0.1, -0.05) is 37.3 Å². The van der Waals surface area contributed by atoms with Crippen LogP contribution in [-0.2, 0) is 21.2 Å². The van der Waals surface area contributed by atoms with Gasteiger partial charge in [-0.15, -0.1) is 0 Å². The maximum atomic E-state index is 12.6. The van der Waals surface area contributed by atoms with E-state index in [1.165, 1.54) is 0 Å². The van der Waals surface area contributed by atoms with Gasteiger partial charge in [-0.3, -0.25) is 4.79 Å². The lowest BCUT2D eigenvalue weighted by molar-refractivity contribution is -0.132. The molecule has 0 radical (unpaired) electrons. The summed E-state index contributed by atoms with van der Waals surface area (Å²) in [7, 11) is -3.54. The number of hydrogen-bond donors (Lipinski definition) is 1. The van der Waals surface area contributed by atoms with E-state index in [1.807, 2.05) is 54.3 Å². The molecule has 2 aromatic rings. The van der Waals surface area contributed by atoms with Gasteiger partial charge in [-0.05, 0) is 55.5 Å². The Hall–Kier alpha value is -2.38. The van der Waals surface area contributed by atoms with Crippen molar-refractivity contribution in [3.05, 3.63) is 60.2 Å². The first kappa shape index (κ1) is 22.3. The standard InChI is InChI=1S/C23H30N2O4S/c1-2-19-10-12-22(13-11-19)30(27,28)24-20-14-16-25(17-15-20)23(26)9-6-18-29-21-7-4-3-5-8-21/h3-5,7-8,10-13,20,24H,2,6,9,14-18H2,1H3. The van der Waals surface area contributed by atoms with Crippen LogP contribution >= 0.6 is 0 Å². The third-order valence-electron chi connectivity index (χ3n) is 5.36. The van der Waals surface area contributed by atoms with Gasteiger partial charge in [0, 0.05) is 25.6 Å². The van der Waals surface area contributed by atoms with E-state index in [4.69, 9.17) is 4.74 Å². The number of sulfonamides is 1. The zero-order chi connectivity index (χ0) is 21.4. The van der Waals surface area contributed by atoms with E-state index in [1.54, 1.807) is 12.1 Å². The molecule has 1 fully saturated rings. The number of nitrogens with one attached hydrogen (secondary N) is 1. The highest BCUT2D eigenvalue weighted by Gasteiger charge is 2.26. The minimum atomic E-state index is -3.54. The second kappa shape index (κ2) is 10.6. The van der Waals surface area contributed by atoms with E-state index in [2.05, 4.69) is 4.72 Å². The van der Waals surface area contributed by atoms with Gasteiger partial charge in [0.2, 0.25) is 15.9 Å². The summed E-state index contributed by atoms with van der Waals surface area (Å²) in [6, 6.07) is 16.4. The van der Waals surface area contributed by atoms with Gasteiger partial charge in [-0.25, -0.2) is 13.1 Å². The molecule has 1 N–H and O–H groups in total.